The van der Waals surface area contributed by atoms with Crippen LogP contribution in [0.15, 0.2) is 12.4 Å². The van der Waals surface area contributed by atoms with E-state index in [1.807, 2.05) is 0 Å². The second-order valence-electron chi connectivity index (χ2n) is 6.04. The van der Waals surface area contributed by atoms with E-state index in [2.05, 4.69) is 40.5 Å². The smallest absolute Gasteiger partial charge is 0.200 e. The summed E-state index contributed by atoms with van der Waals surface area (Å²) in [4.78, 5) is 0. The maximum absolute atomic E-state index is 5.41. The lowest BCUT2D eigenvalue weighted by Crippen LogP contribution is -2.09. The number of nitrogens with zero attached hydrogens (tertiary/aromatic N) is 4. The maximum atomic E-state index is 5.41. The zero-order valence-electron chi connectivity index (χ0n) is 12.7. The standard InChI is InChI=1S/C15H23N5O/c1-11(2)13-8-14(15-18-17-10-20(15)19-13)16-6-3-4-12-5-7-21-9-12/h8,10-12,16H,3-7,9H2,1-2H3. The molecule has 3 rings (SSSR count). The van der Waals surface area contributed by atoms with Gasteiger partial charge in [0.2, 0.25) is 5.65 Å². The zero-order chi connectivity index (χ0) is 14.7. The topological polar surface area (TPSA) is 64.3 Å². The van der Waals surface area contributed by atoms with Crippen LogP contribution in [0.5, 0.6) is 0 Å². The van der Waals surface area contributed by atoms with Crippen LogP contribution in [-0.2, 0) is 4.74 Å². The van der Waals surface area contributed by atoms with E-state index >= 15 is 0 Å². The third kappa shape index (κ3) is 3.32. The number of rotatable bonds is 6. The minimum Gasteiger partial charge on any atom is -0.382 e. The largest absolute Gasteiger partial charge is 0.382 e. The average Bonchev–Trinajstić information content (AvgIpc) is 3.13. The van der Waals surface area contributed by atoms with E-state index in [-0.39, 0.29) is 0 Å². The highest BCUT2D eigenvalue weighted by Gasteiger charge is 2.15. The van der Waals surface area contributed by atoms with Crippen LogP contribution < -0.4 is 5.32 Å². The van der Waals surface area contributed by atoms with Crippen molar-refractivity contribution < 1.29 is 4.74 Å². The fourth-order valence-corrected chi connectivity index (χ4v) is 2.68. The third-order valence-electron chi connectivity index (χ3n) is 4.01. The van der Waals surface area contributed by atoms with Crippen molar-refractivity contribution >= 4 is 11.3 Å². The Hall–Kier alpha value is -1.69. The van der Waals surface area contributed by atoms with Crippen molar-refractivity contribution in [3.63, 3.8) is 0 Å². The molecule has 0 amide bonds. The lowest BCUT2D eigenvalue weighted by atomic mass is 10.0. The van der Waals surface area contributed by atoms with Crippen molar-refractivity contribution in [2.24, 2.45) is 5.92 Å². The monoisotopic (exact) mass is 289 g/mol. The Morgan fingerprint density at radius 2 is 2.38 bits per heavy atom. The van der Waals surface area contributed by atoms with E-state index in [0.29, 0.717) is 5.92 Å². The molecule has 3 heterocycles. The SMILES string of the molecule is CC(C)c1cc(NCCCC2CCOC2)c2nncn2n1. The predicted octanol–water partition coefficient (Wildman–Crippen LogP) is 2.48. The van der Waals surface area contributed by atoms with Gasteiger partial charge in [0.05, 0.1) is 11.4 Å². The maximum Gasteiger partial charge on any atom is 0.200 e. The van der Waals surface area contributed by atoms with Gasteiger partial charge in [-0.1, -0.05) is 13.8 Å². The van der Waals surface area contributed by atoms with Crippen LogP contribution >= 0.6 is 0 Å². The molecule has 1 unspecified atom stereocenters. The first-order valence-electron chi connectivity index (χ1n) is 7.76. The lowest BCUT2D eigenvalue weighted by Gasteiger charge is -2.12. The number of fused-ring (bicyclic) bond motifs is 1. The number of nitrogens with one attached hydrogen (secondary N) is 1. The van der Waals surface area contributed by atoms with Crippen molar-refractivity contribution in [2.75, 3.05) is 25.1 Å². The zero-order valence-corrected chi connectivity index (χ0v) is 12.7. The van der Waals surface area contributed by atoms with Crippen LogP contribution in [0, 0.1) is 5.92 Å². The van der Waals surface area contributed by atoms with E-state index in [9.17, 15) is 0 Å². The molecule has 0 spiro atoms. The highest BCUT2D eigenvalue weighted by atomic mass is 16.5. The molecule has 1 aliphatic rings. The molecule has 21 heavy (non-hydrogen) atoms. The lowest BCUT2D eigenvalue weighted by molar-refractivity contribution is 0.184. The van der Waals surface area contributed by atoms with E-state index in [0.717, 1.165) is 49.1 Å². The minimum atomic E-state index is 0.382. The normalized spacial score (nSPS) is 18.7. The van der Waals surface area contributed by atoms with Crippen LogP contribution in [0.3, 0.4) is 0 Å². The van der Waals surface area contributed by atoms with Gasteiger partial charge >= 0.3 is 0 Å². The Kier molecular flexibility index (Phi) is 4.34. The van der Waals surface area contributed by atoms with E-state index in [1.54, 1.807) is 10.8 Å². The first kappa shape index (κ1) is 14.3. The summed E-state index contributed by atoms with van der Waals surface area (Å²) in [6.07, 6.45) is 5.23. The summed E-state index contributed by atoms with van der Waals surface area (Å²) >= 11 is 0. The van der Waals surface area contributed by atoms with Crippen molar-refractivity contribution in [2.45, 2.75) is 39.0 Å². The molecule has 1 aliphatic heterocycles. The van der Waals surface area contributed by atoms with Crippen LogP contribution in [0.1, 0.15) is 44.7 Å². The van der Waals surface area contributed by atoms with Gasteiger partial charge in [0, 0.05) is 19.8 Å². The van der Waals surface area contributed by atoms with Gasteiger partial charge in [-0.3, -0.25) is 0 Å². The Bertz CT molecular complexity index is 589. The van der Waals surface area contributed by atoms with E-state index in [4.69, 9.17) is 4.74 Å². The van der Waals surface area contributed by atoms with Gasteiger partial charge < -0.3 is 10.1 Å². The predicted molar refractivity (Wildman–Crippen MR) is 81.5 cm³/mol. The van der Waals surface area contributed by atoms with E-state index < -0.39 is 0 Å². The van der Waals surface area contributed by atoms with Crippen molar-refractivity contribution in [3.05, 3.63) is 18.1 Å². The fraction of sp³-hybridized carbons (Fsp3) is 0.667. The number of ether oxygens (including phenoxy) is 1. The van der Waals surface area contributed by atoms with Gasteiger partial charge in [-0.25, -0.2) is 0 Å². The van der Waals surface area contributed by atoms with Gasteiger partial charge in [-0.15, -0.1) is 10.2 Å². The molecule has 0 aromatic carbocycles. The van der Waals surface area contributed by atoms with Gasteiger partial charge in [0.15, 0.2) is 0 Å². The summed E-state index contributed by atoms with van der Waals surface area (Å²) in [6, 6.07) is 2.09. The average molecular weight is 289 g/mol. The summed E-state index contributed by atoms with van der Waals surface area (Å²) in [7, 11) is 0. The molecule has 1 atom stereocenters. The van der Waals surface area contributed by atoms with Crippen LogP contribution in [0.4, 0.5) is 5.69 Å². The fourth-order valence-electron chi connectivity index (χ4n) is 2.68. The highest BCUT2D eigenvalue weighted by molar-refractivity contribution is 5.66. The third-order valence-corrected chi connectivity index (χ3v) is 4.01. The van der Waals surface area contributed by atoms with E-state index in [1.165, 1.54) is 12.8 Å². The molecule has 0 radical (unpaired) electrons. The molecule has 0 aliphatic carbocycles. The quantitative estimate of drug-likeness (QED) is 0.828. The summed E-state index contributed by atoms with van der Waals surface area (Å²) in [5, 5.41) is 16.1. The molecular weight excluding hydrogens is 266 g/mol. The summed E-state index contributed by atoms with van der Waals surface area (Å²) in [5.74, 6) is 1.12. The molecule has 2 aromatic heterocycles. The number of hydrogen-bond acceptors (Lipinski definition) is 5. The second-order valence-corrected chi connectivity index (χ2v) is 6.04. The van der Waals surface area contributed by atoms with Gasteiger partial charge in [-0.05, 0) is 37.2 Å². The van der Waals surface area contributed by atoms with Gasteiger partial charge in [0.1, 0.15) is 6.33 Å². The summed E-state index contributed by atoms with van der Waals surface area (Å²) in [6.45, 7) is 7.09. The molecule has 1 N–H and O–H groups in total. The Balaban J connectivity index is 1.63. The summed E-state index contributed by atoms with van der Waals surface area (Å²) < 4.78 is 7.16. The Labute approximate surface area is 124 Å². The molecule has 0 saturated carbocycles. The molecular formula is C15H23N5O. The number of aromatic nitrogens is 4. The molecule has 2 aromatic rings. The molecule has 6 nitrogen and oxygen atoms in total. The first-order chi connectivity index (χ1) is 10.2. The molecule has 0 bridgehead atoms. The summed E-state index contributed by atoms with van der Waals surface area (Å²) in [5.41, 5.74) is 2.87. The van der Waals surface area contributed by atoms with Crippen molar-refractivity contribution in [1.82, 2.24) is 19.8 Å². The molecule has 6 heteroatoms. The molecule has 114 valence electrons. The van der Waals surface area contributed by atoms with Gasteiger partial charge in [-0.2, -0.15) is 9.61 Å². The molecule has 1 saturated heterocycles. The first-order valence-corrected chi connectivity index (χ1v) is 7.76. The van der Waals surface area contributed by atoms with Crippen molar-refractivity contribution in [1.29, 1.82) is 0 Å². The number of anilines is 1. The Morgan fingerprint density at radius 1 is 1.48 bits per heavy atom. The Morgan fingerprint density at radius 3 is 3.14 bits per heavy atom. The highest BCUT2D eigenvalue weighted by Crippen LogP contribution is 2.21. The second kappa shape index (κ2) is 6.39. The number of hydrogen-bond donors (Lipinski definition) is 1. The molecule has 1 fully saturated rings. The van der Waals surface area contributed by atoms with Crippen LogP contribution in [0.25, 0.3) is 5.65 Å². The van der Waals surface area contributed by atoms with Crippen LogP contribution in [-0.4, -0.2) is 39.6 Å². The minimum absolute atomic E-state index is 0.382. The van der Waals surface area contributed by atoms with Crippen LogP contribution in [0.2, 0.25) is 0 Å². The van der Waals surface area contributed by atoms with Crippen molar-refractivity contribution in [3.8, 4) is 0 Å². The van der Waals surface area contributed by atoms with Gasteiger partial charge in [0.25, 0.3) is 0 Å².